The molecule has 0 spiro atoms. The van der Waals surface area contributed by atoms with Gasteiger partial charge in [-0.3, -0.25) is 4.90 Å². The van der Waals surface area contributed by atoms with Crippen LogP contribution in [0.2, 0.25) is 0 Å². The van der Waals surface area contributed by atoms with Gasteiger partial charge < -0.3 is 5.32 Å². The van der Waals surface area contributed by atoms with E-state index in [1.807, 2.05) is 0 Å². The highest BCUT2D eigenvalue weighted by Crippen LogP contribution is 2.39. The predicted octanol–water partition coefficient (Wildman–Crippen LogP) is 3.28. The van der Waals surface area contributed by atoms with Gasteiger partial charge in [-0.05, 0) is 57.0 Å². The predicted molar refractivity (Wildman–Crippen MR) is 78.9 cm³/mol. The number of nitrogens with zero attached hydrogens (tertiary/aromatic N) is 1. The molecule has 1 N–H and O–H groups in total. The number of fused-ring (bicyclic) bond motifs is 1. The van der Waals surface area contributed by atoms with Crippen LogP contribution in [-0.4, -0.2) is 37.6 Å². The third-order valence-corrected chi connectivity index (χ3v) is 5.72. The average molecular weight is 252 g/mol. The lowest BCUT2D eigenvalue weighted by Crippen LogP contribution is -2.46. The molecule has 0 aromatic rings. The Hall–Kier alpha value is -0.0800. The number of rotatable bonds is 6. The van der Waals surface area contributed by atoms with Gasteiger partial charge in [-0.15, -0.1) is 0 Å². The van der Waals surface area contributed by atoms with Crippen LogP contribution >= 0.6 is 0 Å². The number of likely N-dealkylation sites (tertiary alicyclic amines) is 1. The van der Waals surface area contributed by atoms with Crippen molar-refractivity contribution in [3.63, 3.8) is 0 Å². The van der Waals surface area contributed by atoms with Crippen molar-refractivity contribution >= 4 is 0 Å². The van der Waals surface area contributed by atoms with Gasteiger partial charge in [-0.25, -0.2) is 0 Å². The Morgan fingerprint density at radius 3 is 2.50 bits per heavy atom. The highest BCUT2D eigenvalue weighted by atomic mass is 15.2. The molecule has 2 atom stereocenters. The van der Waals surface area contributed by atoms with E-state index in [4.69, 9.17) is 0 Å². The minimum Gasteiger partial charge on any atom is -0.319 e. The minimum absolute atomic E-state index is 0.501. The topological polar surface area (TPSA) is 15.3 Å². The second kappa shape index (κ2) is 6.38. The molecule has 0 aromatic heterocycles. The third kappa shape index (κ3) is 2.91. The van der Waals surface area contributed by atoms with Gasteiger partial charge in [0.2, 0.25) is 0 Å². The van der Waals surface area contributed by atoms with Crippen molar-refractivity contribution < 1.29 is 0 Å². The Bertz CT molecular complexity index is 247. The summed E-state index contributed by atoms with van der Waals surface area (Å²) in [5, 5.41) is 3.43. The van der Waals surface area contributed by atoms with Gasteiger partial charge in [0.15, 0.2) is 0 Å². The molecule has 0 aromatic carbocycles. The van der Waals surface area contributed by atoms with Crippen LogP contribution in [-0.2, 0) is 0 Å². The van der Waals surface area contributed by atoms with Crippen molar-refractivity contribution in [2.24, 2.45) is 11.3 Å². The molecule has 1 heterocycles. The zero-order chi connectivity index (χ0) is 13.0. The van der Waals surface area contributed by atoms with E-state index in [1.54, 1.807) is 0 Å². The van der Waals surface area contributed by atoms with Crippen LogP contribution in [0.5, 0.6) is 0 Å². The molecule has 0 bridgehead atoms. The largest absolute Gasteiger partial charge is 0.319 e. The molecule has 0 radical (unpaired) electrons. The summed E-state index contributed by atoms with van der Waals surface area (Å²) in [7, 11) is 2.10. The Balaban J connectivity index is 1.98. The van der Waals surface area contributed by atoms with E-state index in [2.05, 4.69) is 31.1 Å². The van der Waals surface area contributed by atoms with Gasteiger partial charge in [0.25, 0.3) is 0 Å². The molecule has 1 aliphatic heterocycles. The third-order valence-electron chi connectivity index (χ3n) is 5.72. The highest BCUT2D eigenvalue weighted by molar-refractivity contribution is 4.93. The van der Waals surface area contributed by atoms with Gasteiger partial charge in [0.1, 0.15) is 0 Å². The van der Waals surface area contributed by atoms with E-state index in [1.165, 1.54) is 64.6 Å². The molecule has 2 heteroatoms. The fraction of sp³-hybridized carbons (Fsp3) is 1.00. The van der Waals surface area contributed by atoms with E-state index in [0.717, 1.165) is 12.0 Å². The molecule has 2 unspecified atom stereocenters. The molecule has 1 saturated heterocycles. The zero-order valence-corrected chi connectivity index (χ0v) is 12.7. The Morgan fingerprint density at radius 2 is 1.83 bits per heavy atom. The van der Waals surface area contributed by atoms with E-state index >= 15 is 0 Å². The van der Waals surface area contributed by atoms with Crippen LogP contribution in [0.25, 0.3) is 0 Å². The smallest absolute Gasteiger partial charge is 0.0124 e. The molecule has 106 valence electrons. The first-order valence-corrected chi connectivity index (χ1v) is 8.13. The van der Waals surface area contributed by atoms with Gasteiger partial charge >= 0.3 is 0 Å². The molecular formula is C16H32N2. The van der Waals surface area contributed by atoms with Crippen LogP contribution in [0.1, 0.15) is 58.8 Å². The fourth-order valence-electron chi connectivity index (χ4n) is 4.28. The van der Waals surface area contributed by atoms with Crippen molar-refractivity contribution in [2.45, 2.75) is 64.8 Å². The van der Waals surface area contributed by atoms with Crippen molar-refractivity contribution in [1.82, 2.24) is 10.2 Å². The molecule has 1 saturated carbocycles. The molecule has 1 aliphatic carbocycles. The summed E-state index contributed by atoms with van der Waals surface area (Å²) in [6.07, 6.45) is 9.99. The van der Waals surface area contributed by atoms with Gasteiger partial charge in [0, 0.05) is 19.1 Å². The van der Waals surface area contributed by atoms with Crippen LogP contribution in [0.4, 0.5) is 0 Å². The minimum atomic E-state index is 0.501. The Morgan fingerprint density at radius 1 is 1.11 bits per heavy atom. The quantitative estimate of drug-likeness (QED) is 0.780. The number of hydrogen-bond donors (Lipinski definition) is 1. The van der Waals surface area contributed by atoms with Crippen molar-refractivity contribution in [3.05, 3.63) is 0 Å². The molecule has 2 aliphatic rings. The fourth-order valence-corrected chi connectivity index (χ4v) is 4.28. The summed E-state index contributed by atoms with van der Waals surface area (Å²) < 4.78 is 0. The number of hydrogen-bond acceptors (Lipinski definition) is 2. The van der Waals surface area contributed by atoms with Crippen LogP contribution < -0.4 is 5.32 Å². The molecule has 2 rings (SSSR count). The maximum atomic E-state index is 3.43. The molecule has 2 fully saturated rings. The van der Waals surface area contributed by atoms with Crippen molar-refractivity contribution in [2.75, 3.05) is 26.7 Å². The van der Waals surface area contributed by atoms with Crippen molar-refractivity contribution in [1.29, 1.82) is 0 Å². The van der Waals surface area contributed by atoms with Gasteiger partial charge in [-0.2, -0.15) is 0 Å². The first-order valence-electron chi connectivity index (χ1n) is 8.13. The van der Waals surface area contributed by atoms with Gasteiger partial charge in [0.05, 0.1) is 0 Å². The highest BCUT2D eigenvalue weighted by Gasteiger charge is 2.39. The molecule has 2 nitrogen and oxygen atoms in total. The number of nitrogens with one attached hydrogen (secondary N) is 1. The maximum absolute atomic E-state index is 3.43. The van der Waals surface area contributed by atoms with Crippen LogP contribution in [0.15, 0.2) is 0 Å². The summed E-state index contributed by atoms with van der Waals surface area (Å²) in [5.41, 5.74) is 0.501. The summed E-state index contributed by atoms with van der Waals surface area (Å²) in [6, 6.07) is 0.924. The zero-order valence-electron chi connectivity index (χ0n) is 12.7. The lowest BCUT2D eigenvalue weighted by molar-refractivity contribution is 0.102. The van der Waals surface area contributed by atoms with E-state index in [9.17, 15) is 0 Å². The summed E-state index contributed by atoms with van der Waals surface area (Å²) >= 11 is 0. The second-order valence-corrected chi connectivity index (χ2v) is 6.61. The molecular weight excluding hydrogens is 220 g/mol. The first kappa shape index (κ1) is 14.3. The van der Waals surface area contributed by atoms with Crippen LogP contribution in [0, 0.1) is 11.3 Å². The van der Waals surface area contributed by atoms with E-state index in [-0.39, 0.29) is 0 Å². The Kier molecular flexibility index (Phi) is 5.08. The van der Waals surface area contributed by atoms with E-state index < -0.39 is 0 Å². The van der Waals surface area contributed by atoms with Crippen LogP contribution in [0.3, 0.4) is 0 Å². The Labute approximate surface area is 114 Å². The molecule has 0 amide bonds. The average Bonchev–Trinajstić information content (AvgIpc) is 2.81. The lowest BCUT2D eigenvalue weighted by atomic mass is 9.80. The monoisotopic (exact) mass is 252 g/mol. The first-order chi connectivity index (χ1) is 8.74. The SMILES string of the molecule is CCC(CC)(CNC)CN1CCC2CCCCC21. The summed E-state index contributed by atoms with van der Waals surface area (Å²) in [4.78, 5) is 2.84. The van der Waals surface area contributed by atoms with Gasteiger partial charge in [-0.1, -0.05) is 26.7 Å². The second-order valence-electron chi connectivity index (χ2n) is 6.61. The molecule has 18 heavy (non-hydrogen) atoms. The van der Waals surface area contributed by atoms with Crippen molar-refractivity contribution in [3.8, 4) is 0 Å². The summed E-state index contributed by atoms with van der Waals surface area (Å²) in [6.45, 7) is 8.60. The lowest BCUT2D eigenvalue weighted by Gasteiger charge is -2.40. The standard InChI is InChI=1S/C16H32N2/c1-4-16(5-2,12-17-3)13-18-11-10-14-8-6-7-9-15(14)18/h14-15,17H,4-13H2,1-3H3. The normalized spacial score (nSPS) is 29.5. The van der Waals surface area contributed by atoms with E-state index in [0.29, 0.717) is 5.41 Å². The maximum Gasteiger partial charge on any atom is 0.0124 e. The summed E-state index contributed by atoms with van der Waals surface area (Å²) in [5.74, 6) is 1.03.